The SMILES string of the molecule is CCCc1csc(CN2CCCC(CNC)C2)n1. The third-order valence-electron chi connectivity index (χ3n) is 3.56. The van der Waals surface area contributed by atoms with Crippen molar-refractivity contribution in [2.45, 2.75) is 39.2 Å². The minimum atomic E-state index is 0.818. The molecule has 102 valence electrons. The molecule has 1 saturated heterocycles. The van der Waals surface area contributed by atoms with Gasteiger partial charge in [-0.05, 0) is 45.3 Å². The van der Waals surface area contributed by atoms with Crippen LogP contribution in [0.2, 0.25) is 0 Å². The van der Waals surface area contributed by atoms with E-state index in [4.69, 9.17) is 4.98 Å². The number of hydrogen-bond acceptors (Lipinski definition) is 4. The molecule has 2 heterocycles. The molecule has 1 aliphatic heterocycles. The lowest BCUT2D eigenvalue weighted by Gasteiger charge is -2.32. The number of thiazole rings is 1. The van der Waals surface area contributed by atoms with E-state index in [1.54, 1.807) is 0 Å². The van der Waals surface area contributed by atoms with E-state index in [0.29, 0.717) is 0 Å². The minimum Gasteiger partial charge on any atom is -0.319 e. The zero-order valence-electron chi connectivity index (χ0n) is 11.6. The lowest BCUT2D eigenvalue weighted by Crippen LogP contribution is -2.38. The zero-order valence-corrected chi connectivity index (χ0v) is 12.4. The summed E-state index contributed by atoms with van der Waals surface area (Å²) in [4.78, 5) is 7.30. The lowest BCUT2D eigenvalue weighted by atomic mass is 9.98. The number of rotatable bonds is 6. The summed E-state index contributed by atoms with van der Waals surface area (Å²) >= 11 is 1.83. The number of aryl methyl sites for hydroxylation is 1. The van der Waals surface area contributed by atoms with Crippen molar-refractivity contribution in [3.05, 3.63) is 16.1 Å². The molecule has 1 aromatic heterocycles. The molecule has 0 amide bonds. The van der Waals surface area contributed by atoms with Crippen LogP contribution < -0.4 is 5.32 Å². The van der Waals surface area contributed by atoms with Crippen LogP contribution in [0.4, 0.5) is 0 Å². The third kappa shape index (κ3) is 4.04. The molecule has 4 heteroatoms. The maximum atomic E-state index is 4.73. The summed E-state index contributed by atoms with van der Waals surface area (Å²) in [5.41, 5.74) is 1.28. The quantitative estimate of drug-likeness (QED) is 0.858. The van der Waals surface area contributed by atoms with Crippen LogP contribution in [0.3, 0.4) is 0 Å². The molecule has 1 unspecified atom stereocenters. The maximum Gasteiger partial charge on any atom is 0.107 e. The van der Waals surface area contributed by atoms with E-state index >= 15 is 0 Å². The average Bonchev–Trinajstić information content (AvgIpc) is 2.78. The smallest absolute Gasteiger partial charge is 0.107 e. The Morgan fingerprint density at radius 1 is 1.56 bits per heavy atom. The molecule has 2 rings (SSSR count). The van der Waals surface area contributed by atoms with E-state index in [2.05, 4.69) is 29.6 Å². The highest BCUT2D eigenvalue weighted by Crippen LogP contribution is 2.20. The van der Waals surface area contributed by atoms with Crippen molar-refractivity contribution in [3.63, 3.8) is 0 Å². The van der Waals surface area contributed by atoms with Gasteiger partial charge in [-0.25, -0.2) is 4.98 Å². The average molecular weight is 267 g/mol. The van der Waals surface area contributed by atoms with Crippen LogP contribution in [-0.4, -0.2) is 36.6 Å². The van der Waals surface area contributed by atoms with Crippen molar-refractivity contribution < 1.29 is 0 Å². The van der Waals surface area contributed by atoms with Crippen LogP contribution >= 0.6 is 11.3 Å². The van der Waals surface area contributed by atoms with Crippen LogP contribution in [0.5, 0.6) is 0 Å². The first kappa shape index (κ1) is 14.0. The molecule has 0 spiro atoms. The number of nitrogens with zero attached hydrogens (tertiary/aromatic N) is 2. The Kier molecular flexibility index (Phi) is 5.60. The summed E-state index contributed by atoms with van der Waals surface area (Å²) in [7, 11) is 2.05. The van der Waals surface area contributed by atoms with Crippen molar-refractivity contribution in [3.8, 4) is 0 Å². The topological polar surface area (TPSA) is 28.2 Å². The number of hydrogen-bond donors (Lipinski definition) is 1. The second-order valence-corrected chi connectivity index (χ2v) is 6.23. The van der Waals surface area contributed by atoms with Gasteiger partial charge in [-0.2, -0.15) is 0 Å². The number of nitrogens with one attached hydrogen (secondary N) is 1. The second kappa shape index (κ2) is 7.22. The van der Waals surface area contributed by atoms with Crippen molar-refractivity contribution in [1.29, 1.82) is 0 Å². The Morgan fingerprint density at radius 2 is 2.44 bits per heavy atom. The van der Waals surface area contributed by atoms with Gasteiger partial charge in [0.2, 0.25) is 0 Å². The Balaban J connectivity index is 1.84. The molecule has 0 aliphatic carbocycles. The van der Waals surface area contributed by atoms with Crippen molar-refractivity contribution in [2.75, 3.05) is 26.7 Å². The molecular formula is C14H25N3S. The highest BCUT2D eigenvalue weighted by atomic mass is 32.1. The minimum absolute atomic E-state index is 0.818. The van der Waals surface area contributed by atoms with Gasteiger partial charge in [0.1, 0.15) is 5.01 Å². The monoisotopic (exact) mass is 267 g/mol. The van der Waals surface area contributed by atoms with Gasteiger partial charge in [-0.1, -0.05) is 13.3 Å². The molecule has 0 bridgehead atoms. The Morgan fingerprint density at radius 3 is 3.22 bits per heavy atom. The molecule has 0 saturated carbocycles. The Labute approximate surface area is 115 Å². The first-order valence-electron chi connectivity index (χ1n) is 7.12. The van der Waals surface area contributed by atoms with E-state index in [1.807, 2.05) is 11.3 Å². The van der Waals surface area contributed by atoms with Gasteiger partial charge < -0.3 is 5.32 Å². The summed E-state index contributed by atoms with van der Waals surface area (Å²) in [5, 5.41) is 6.83. The number of likely N-dealkylation sites (tertiary alicyclic amines) is 1. The summed E-state index contributed by atoms with van der Waals surface area (Å²) in [6.07, 6.45) is 5.02. The summed E-state index contributed by atoms with van der Waals surface area (Å²) in [5.74, 6) is 0.818. The molecule has 18 heavy (non-hydrogen) atoms. The molecular weight excluding hydrogens is 242 g/mol. The normalized spacial score (nSPS) is 21.3. The fourth-order valence-corrected chi connectivity index (χ4v) is 3.60. The van der Waals surface area contributed by atoms with E-state index in [1.165, 1.54) is 43.1 Å². The van der Waals surface area contributed by atoms with Gasteiger partial charge in [-0.3, -0.25) is 4.90 Å². The van der Waals surface area contributed by atoms with Gasteiger partial charge in [-0.15, -0.1) is 11.3 Å². The van der Waals surface area contributed by atoms with Crippen LogP contribution in [0.15, 0.2) is 5.38 Å². The van der Waals surface area contributed by atoms with Gasteiger partial charge >= 0.3 is 0 Å². The molecule has 0 radical (unpaired) electrons. The van der Waals surface area contributed by atoms with Crippen molar-refractivity contribution >= 4 is 11.3 Å². The Bertz CT molecular complexity index is 349. The molecule has 3 nitrogen and oxygen atoms in total. The largest absolute Gasteiger partial charge is 0.319 e. The summed E-state index contributed by atoms with van der Waals surface area (Å²) < 4.78 is 0. The van der Waals surface area contributed by atoms with E-state index < -0.39 is 0 Å². The van der Waals surface area contributed by atoms with Crippen LogP contribution in [0.25, 0.3) is 0 Å². The fourth-order valence-electron chi connectivity index (χ4n) is 2.73. The van der Waals surface area contributed by atoms with Gasteiger partial charge in [0.15, 0.2) is 0 Å². The van der Waals surface area contributed by atoms with E-state index in [0.717, 1.165) is 25.4 Å². The molecule has 1 aromatic rings. The standard InChI is InChI=1S/C14H25N3S/c1-3-5-13-11-18-14(16-13)10-17-7-4-6-12(9-17)8-15-2/h11-12,15H,3-10H2,1-2H3. The highest BCUT2D eigenvalue weighted by Gasteiger charge is 2.20. The zero-order chi connectivity index (χ0) is 12.8. The molecule has 1 N–H and O–H groups in total. The van der Waals surface area contributed by atoms with Crippen LogP contribution in [0, 0.1) is 5.92 Å². The van der Waals surface area contributed by atoms with E-state index in [-0.39, 0.29) is 0 Å². The van der Waals surface area contributed by atoms with Crippen LogP contribution in [-0.2, 0) is 13.0 Å². The maximum absolute atomic E-state index is 4.73. The van der Waals surface area contributed by atoms with Crippen molar-refractivity contribution in [2.24, 2.45) is 5.92 Å². The first-order valence-corrected chi connectivity index (χ1v) is 8.00. The molecule has 0 aromatic carbocycles. The fraction of sp³-hybridized carbons (Fsp3) is 0.786. The second-order valence-electron chi connectivity index (χ2n) is 5.28. The van der Waals surface area contributed by atoms with Gasteiger partial charge in [0.05, 0.1) is 12.2 Å². The lowest BCUT2D eigenvalue weighted by molar-refractivity contribution is 0.166. The van der Waals surface area contributed by atoms with Gasteiger partial charge in [0, 0.05) is 11.9 Å². The first-order chi connectivity index (χ1) is 8.81. The van der Waals surface area contributed by atoms with Gasteiger partial charge in [0.25, 0.3) is 0 Å². The van der Waals surface area contributed by atoms with E-state index in [9.17, 15) is 0 Å². The summed E-state index contributed by atoms with van der Waals surface area (Å²) in [6.45, 7) is 6.88. The predicted molar refractivity (Wildman–Crippen MR) is 78.0 cm³/mol. The number of aromatic nitrogens is 1. The predicted octanol–water partition coefficient (Wildman–Crippen LogP) is 2.53. The summed E-state index contributed by atoms with van der Waals surface area (Å²) in [6, 6.07) is 0. The molecule has 1 fully saturated rings. The molecule has 1 aliphatic rings. The third-order valence-corrected chi connectivity index (χ3v) is 4.44. The Hall–Kier alpha value is -0.450. The van der Waals surface area contributed by atoms with Crippen molar-refractivity contribution in [1.82, 2.24) is 15.2 Å². The highest BCUT2D eigenvalue weighted by molar-refractivity contribution is 7.09. The number of piperidine rings is 1. The van der Waals surface area contributed by atoms with Crippen LogP contribution in [0.1, 0.15) is 36.9 Å². The molecule has 1 atom stereocenters.